The van der Waals surface area contributed by atoms with Crippen molar-refractivity contribution >= 4 is 16.9 Å². The van der Waals surface area contributed by atoms with Crippen molar-refractivity contribution in [3.63, 3.8) is 0 Å². The van der Waals surface area contributed by atoms with Crippen LogP contribution < -0.4 is 10.2 Å². The molecule has 0 aliphatic carbocycles. The first kappa shape index (κ1) is 23.7. The molecule has 6 heteroatoms. The fourth-order valence-corrected chi connectivity index (χ4v) is 5.16. The minimum atomic E-state index is -0.595. The van der Waals surface area contributed by atoms with Crippen LogP contribution in [-0.4, -0.2) is 15.8 Å². The van der Waals surface area contributed by atoms with Gasteiger partial charge in [-0.3, -0.25) is 14.6 Å². The fraction of sp³-hybridized carbons (Fsp3) is 0.156. The van der Waals surface area contributed by atoms with Gasteiger partial charge in [-0.2, -0.15) is 0 Å². The fourth-order valence-electron chi connectivity index (χ4n) is 5.16. The molecule has 6 nitrogen and oxygen atoms in total. The molecule has 1 amide bonds. The number of carbonyl (C=O) groups is 1. The van der Waals surface area contributed by atoms with E-state index in [1.54, 1.807) is 17.3 Å². The standard InChI is InChI=1S/C32H26N2O4/c1-20-15-21(2)30-26(16-20)29(35)27-28(34(32(36)31(27)38-30)18-23-9-6-14-33-17-23)24-10-12-25(13-11-24)37-19-22-7-4-3-5-8-22/h3-17,28H,18-19H2,1-2H3. The highest BCUT2D eigenvalue weighted by Gasteiger charge is 2.42. The van der Waals surface area contributed by atoms with E-state index in [0.29, 0.717) is 35.4 Å². The summed E-state index contributed by atoms with van der Waals surface area (Å²) in [6.45, 7) is 4.59. The van der Waals surface area contributed by atoms with Crippen LogP contribution in [0.1, 0.15) is 50.0 Å². The molecular formula is C32H26N2O4. The molecule has 1 unspecified atom stereocenters. The second-order valence-corrected chi connectivity index (χ2v) is 9.67. The van der Waals surface area contributed by atoms with Crippen molar-refractivity contribution in [1.29, 1.82) is 0 Å². The van der Waals surface area contributed by atoms with Crippen LogP contribution in [0.2, 0.25) is 0 Å². The highest BCUT2D eigenvalue weighted by Crippen LogP contribution is 2.40. The average molecular weight is 503 g/mol. The Morgan fingerprint density at radius 2 is 1.68 bits per heavy atom. The molecule has 0 saturated heterocycles. The quantitative estimate of drug-likeness (QED) is 0.279. The van der Waals surface area contributed by atoms with Crippen molar-refractivity contribution in [2.45, 2.75) is 33.0 Å². The van der Waals surface area contributed by atoms with E-state index in [-0.39, 0.29) is 17.1 Å². The van der Waals surface area contributed by atoms with E-state index in [1.807, 2.05) is 92.7 Å². The van der Waals surface area contributed by atoms with Crippen LogP contribution in [0.5, 0.6) is 5.75 Å². The minimum Gasteiger partial charge on any atom is -0.489 e. The number of rotatable bonds is 6. The van der Waals surface area contributed by atoms with E-state index in [4.69, 9.17) is 9.15 Å². The number of hydrogen-bond acceptors (Lipinski definition) is 5. The van der Waals surface area contributed by atoms with Gasteiger partial charge in [0, 0.05) is 18.9 Å². The minimum absolute atomic E-state index is 0.104. The smallest absolute Gasteiger partial charge is 0.291 e. The molecule has 6 rings (SSSR count). The summed E-state index contributed by atoms with van der Waals surface area (Å²) in [5.41, 5.74) is 5.20. The largest absolute Gasteiger partial charge is 0.489 e. The molecule has 0 fully saturated rings. The van der Waals surface area contributed by atoms with Crippen molar-refractivity contribution in [1.82, 2.24) is 9.88 Å². The van der Waals surface area contributed by atoms with Crippen LogP contribution in [0.25, 0.3) is 11.0 Å². The summed E-state index contributed by atoms with van der Waals surface area (Å²) in [6, 6.07) is 24.5. The Labute approximate surface area is 220 Å². The highest BCUT2D eigenvalue weighted by atomic mass is 16.5. The molecule has 38 heavy (non-hydrogen) atoms. The maximum Gasteiger partial charge on any atom is 0.291 e. The third kappa shape index (κ3) is 4.24. The molecule has 1 aliphatic rings. The number of aromatic nitrogens is 1. The van der Waals surface area contributed by atoms with Crippen molar-refractivity contribution < 1.29 is 13.9 Å². The SMILES string of the molecule is Cc1cc(C)c2oc3c(c(=O)c2c1)C(c1ccc(OCc2ccccc2)cc1)N(Cc1cccnc1)C3=O. The van der Waals surface area contributed by atoms with E-state index < -0.39 is 6.04 Å². The summed E-state index contributed by atoms with van der Waals surface area (Å²) in [5.74, 6) is 0.503. The number of benzene rings is 3. The molecule has 188 valence electrons. The number of fused-ring (bicyclic) bond motifs is 2. The van der Waals surface area contributed by atoms with E-state index in [2.05, 4.69) is 4.98 Å². The lowest BCUT2D eigenvalue weighted by molar-refractivity contribution is 0.0714. The third-order valence-electron chi connectivity index (χ3n) is 6.92. The predicted octanol–water partition coefficient (Wildman–Crippen LogP) is 6.13. The molecule has 0 N–H and O–H groups in total. The molecule has 0 radical (unpaired) electrons. The molecule has 0 bridgehead atoms. The number of carbonyl (C=O) groups excluding carboxylic acids is 1. The van der Waals surface area contributed by atoms with Crippen molar-refractivity contribution in [2.24, 2.45) is 0 Å². The van der Waals surface area contributed by atoms with Crippen LogP contribution in [-0.2, 0) is 13.2 Å². The van der Waals surface area contributed by atoms with Crippen LogP contribution in [0.15, 0.2) is 100 Å². The maximum absolute atomic E-state index is 13.9. The summed E-state index contributed by atoms with van der Waals surface area (Å²) in [6.07, 6.45) is 3.42. The van der Waals surface area contributed by atoms with Gasteiger partial charge < -0.3 is 14.1 Å². The summed E-state index contributed by atoms with van der Waals surface area (Å²) >= 11 is 0. The van der Waals surface area contributed by atoms with Crippen LogP contribution >= 0.6 is 0 Å². The van der Waals surface area contributed by atoms with Crippen molar-refractivity contribution in [3.05, 3.63) is 141 Å². The van der Waals surface area contributed by atoms with E-state index in [0.717, 1.165) is 27.8 Å². The van der Waals surface area contributed by atoms with Gasteiger partial charge in [0.05, 0.1) is 17.0 Å². The van der Waals surface area contributed by atoms with Gasteiger partial charge in [0.15, 0.2) is 5.43 Å². The Morgan fingerprint density at radius 1 is 0.921 bits per heavy atom. The molecule has 0 saturated carbocycles. The van der Waals surface area contributed by atoms with E-state index in [9.17, 15) is 9.59 Å². The zero-order valence-electron chi connectivity index (χ0n) is 21.2. The Morgan fingerprint density at radius 3 is 2.42 bits per heavy atom. The van der Waals surface area contributed by atoms with Gasteiger partial charge in [-0.05, 0) is 65.9 Å². The molecule has 3 aromatic carbocycles. The summed E-state index contributed by atoms with van der Waals surface area (Å²) in [7, 11) is 0. The number of hydrogen-bond donors (Lipinski definition) is 0. The lowest BCUT2D eigenvalue weighted by Gasteiger charge is -2.25. The number of nitrogens with zero attached hydrogens (tertiary/aromatic N) is 2. The average Bonchev–Trinajstić information content (AvgIpc) is 3.21. The predicted molar refractivity (Wildman–Crippen MR) is 145 cm³/mol. The zero-order chi connectivity index (χ0) is 26.2. The zero-order valence-corrected chi connectivity index (χ0v) is 21.2. The van der Waals surface area contributed by atoms with Gasteiger partial charge in [-0.25, -0.2) is 0 Å². The Bertz CT molecular complexity index is 1690. The van der Waals surface area contributed by atoms with Crippen LogP contribution in [0, 0.1) is 13.8 Å². The summed E-state index contributed by atoms with van der Waals surface area (Å²) in [4.78, 5) is 33.5. The van der Waals surface area contributed by atoms with Crippen molar-refractivity contribution in [2.75, 3.05) is 0 Å². The topological polar surface area (TPSA) is 72.6 Å². The Balaban J connectivity index is 1.42. The van der Waals surface area contributed by atoms with Gasteiger partial charge in [0.1, 0.15) is 17.9 Å². The molecule has 2 aromatic heterocycles. The van der Waals surface area contributed by atoms with Gasteiger partial charge in [0.25, 0.3) is 5.91 Å². The lowest BCUT2D eigenvalue weighted by atomic mass is 9.97. The Kier molecular flexibility index (Phi) is 6.00. The number of aryl methyl sites for hydroxylation is 2. The van der Waals surface area contributed by atoms with E-state index >= 15 is 0 Å². The number of amides is 1. The third-order valence-corrected chi connectivity index (χ3v) is 6.92. The summed E-state index contributed by atoms with van der Waals surface area (Å²) in [5, 5.41) is 0.491. The Hall–Kier alpha value is -4.71. The van der Waals surface area contributed by atoms with Crippen LogP contribution in [0.3, 0.4) is 0 Å². The first-order valence-corrected chi connectivity index (χ1v) is 12.5. The number of ether oxygens (including phenoxy) is 1. The van der Waals surface area contributed by atoms with Gasteiger partial charge in [-0.15, -0.1) is 0 Å². The lowest BCUT2D eigenvalue weighted by Crippen LogP contribution is -2.29. The van der Waals surface area contributed by atoms with Crippen molar-refractivity contribution in [3.8, 4) is 5.75 Å². The first-order valence-electron chi connectivity index (χ1n) is 12.5. The van der Waals surface area contributed by atoms with Crippen LogP contribution in [0.4, 0.5) is 0 Å². The molecule has 0 spiro atoms. The normalized spacial score (nSPS) is 14.6. The highest BCUT2D eigenvalue weighted by molar-refractivity contribution is 5.99. The van der Waals surface area contributed by atoms with Gasteiger partial charge >= 0.3 is 0 Å². The number of pyridine rings is 1. The van der Waals surface area contributed by atoms with Gasteiger partial charge in [0.2, 0.25) is 5.76 Å². The maximum atomic E-state index is 13.9. The monoisotopic (exact) mass is 502 g/mol. The summed E-state index contributed by atoms with van der Waals surface area (Å²) < 4.78 is 12.1. The first-order chi connectivity index (χ1) is 18.5. The second-order valence-electron chi connectivity index (χ2n) is 9.67. The molecular weight excluding hydrogens is 476 g/mol. The van der Waals surface area contributed by atoms with E-state index in [1.165, 1.54) is 0 Å². The molecule has 3 heterocycles. The second kappa shape index (κ2) is 9.63. The molecule has 1 atom stereocenters. The molecule has 1 aliphatic heterocycles. The molecule has 5 aromatic rings. The van der Waals surface area contributed by atoms with Gasteiger partial charge in [-0.1, -0.05) is 54.6 Å².